The van der Waals surface area contributed by atoms with Crippen molar-refractivity contribution in [1.82, 2.24) is 9.78 Å². The lowest BCUT2D eigenvalue weighted by Crippen LogP contribution is -2.52. The summed E-state index contributed by atoms with van der Waals surface area (Å²) in [4.78, 5) is 0. The van der Waals surface area contributed by atoms with Crippen LogP contribution in [-0.2, 0) is 11.3 Å². The second-order valence-corrected chi connectivity index (χ2v) is 12.3. The number of hydrogen-bond acceptors (Lipinski definition) is 4. The Morgan fingerprint density at radius 1 is 1.18 bits per heavy atom. The van der Waals surface area contributed by atoms with Crippen LogP contribution in [0, 0.1) is 58.2 Å². The second kappa shape index (κ2) is 9.00. The van der Waals surface area contributed by atoms with Crippen LogP contribution in [0.5, 0.6) is 0 Å². The third kappa shape index (κ3) is 4.16. The number of fused-ring (bicyclic) bond motifs is 5. The van der Waals surface area contributed by atoms with Crippen LogP contribution in [-0.4, -0.2) is 33.7 Å². The third-order valence-corrected chi connectivity index (χ3v) is 10.7. The van der Waals surface area contributed by atoms with Crippen molar-refractivity contribution in [2.24, 2.45) is 46.8 Å². The summed E-state index contributed by atoms with van der Waals surface area (Å²) >= 11 is 0. The van der Waals surface area contributed by atoms with E-state index in [9.17, 15) is 5.11 Å². The van der Waals surface area contributed by atoms with Crippen molar-refractivity contribution in [3.8, 4) is 6.07 Å². The van der Waals surface area contributed by atoms with Gasteiger partial charge in [-0.25, -0.2) is 0 Å². The number of nitrogens with zero attached hydrogens (tertiary/aromatic N) is 3. The minimum atomic E-state index is -0.584. The molecule has 0 unspecified atom stereocenters. The Balaban J connectivity index is 1.26. The fraction of sp³-hybridized carbons (Fsp3) is 0.857. The van der Waals surface area contributed by atoms with Gasteiger partial charge in [0.2, 0.25) is 0 Å². The molecule has 0 aliphatic heterocycles. The Kier molecular flexibility index (Phi) is 6.38. The maximum atomic E-state index is 11.1. The highest BCUT2D eigenvalue weighted by Gasteiger charge is 2.58. The van der Waals surface area contributed by atoms with Crippen molar-refractivity contribution in [3.05, 3.63) is 18.0 Å². The summed E-state index contributed by atoms with van der Waals surface area (Å²) in [5.41, 5.74) is 0.387. The van der Waals surface area contributed by atoms with E-state index in [0.29, 0.717) is 36.2 Å². The van der Waals surface area contributed by atoms with Gasteiger partial charge in [-0.15, -0.1) is 0 Å². The standard InChI is InChI=1S/C28H43N3O2/c1-4-33-18-28(32)13-10-22-20(15-28)5-6-24-23(22)9-12-27(3)25(7-8-26(24)27)19(2)17-31-14-11-21(16-29)30-31/h11,14,19-20,22-26,32H,4-10,12-13,15,17-18H2,1-3H3/t19-,20+,22-,23+,24+,25+,26-,27+,28+/m0/s1. The van der Waals surface area contributed by atoms with Gasteiger partial charge in [-0.05, 0) is 118 Å². The van der Waals surface area contributed by atoms with Gasteiger partial charge in [0.25, 0.3) is 0 Å². The molecule has 33 heavy (non-hydrogen) atoms. The van der Waals surface area contributed by atoms with E-state index in [0.717, 1.165) is 49.0 Å². The molecule has 1 heterocycles. The number of hydrogen-bond donors (Lipinski definition) is 1. The van der Waals surface area contributed by atoms with Crippen LogP contribution in [0.3, 0.4) is 0 Å². The van der Waals surface area contributed by atoms with E-state index in [-0.39, 0.29) is 0 Å². The van der Waals surface area contributed by atoms with E-state index in [2.05, 4.69) is 25.0 Å². The molecule has 182 valence electrons. The van der Waals surface area contributed by atoms with Crippen LogP contribution in [0.15, 0.2) is 12.3 Å². The molecule has 4 aliphatic carbocycles. The molecule has 1 aromatic heterocycles. The van der Waals surface area contributed by atoms with Gasteiger partial charge in [0.1, 0.15) is 6.07 Å². The van der Waals surface area contributed by atoms with Crippen molar-refractivity contribution in [3.63, 3.8) is 0 Å². The van der Waals surface area contributed by atoms with Crippen LogP contribution in [0.1, 0.15) is 84.3 Å². The summed E-state index contributed by atoms with van der Waals surface area (Å²) in [5.74, 6) is 5.47. The van der Waals surface area contributed by atoms with Crippen LogP contribution in [0.25, 0.3) is 0 Å². The number of ether oxygens (including phenoxy) is 1. The van der Waals surface area contributed by atoms with Gasteiger partial charge in [0, 0.05) is 19.3 Å². The van der Waals surface area contributed by atoms with Gasteiger partial charge in [-0.2, -0.15) is 10.4 Å². The number of aromatic nitrogens is 2. The summed E-state index contributed by atoms with van der Waals surface area (Å²) in [6.45, 7) is 9.18. The van der Waals surface area contributed by atoms with Crippen molar-refractivity contribution >= 4 is 0 Å². The molecule has 0 bridgehead atoms. The van der Waals surface area contributed by atoms with Gasteiger partial charge in [-0.3, -0.25) is 4.68 Å². The fourth-order valence-electron chi connectivity index (χ4n) is 9.31. The molecule has 0 aromatic carbocycles. The molecule has 0 saturated heterocycles. The molecule has 0 spiro atoms. The Hall–Kier alpha value is -1.38. The molecule has 5 heteroatoms. The Morgan fingerprint density at radius 3 is 2.76 bits per heavy atom. The first-order chi connectivity index (χ1) is 15.9. The molecular formula is C28H43N3O2. The topological polar surface area (TPSA) is 71.1 Å². The molecular weight excluding hydrogens is 410 g/mol. The van der Waals surface area contributed by atoms with Crippen LogP contribution in [0.4, 0.5) is 0 Å². The second-order valence-electron chi connectivity index (χ2n) is 12.3. The summed E-state index contributed by atoms with van der Waals surface area (Å²) < 4.78 is 7.63. The quantitative estimate of drug-likeness (QED) is 0.624. The van der Waals surface area contributed by atoms with Crippen LogP contribution in [0.2, 0.25) is 0 Å². The van der Waals surface area contributed by atoms with E-state index in [1.54, 1.807) is 0 Å². The third-order valence-electron chi connectivity index (χ3n) is 10.7. The molecule has 4 saturated carbocycles. The first-order valence-corrected chi connectivity index (χ1v) is 13.6. The van der Waals surface area contributed by atoms with E-state index in [4.69, 9.17) is 10.00 Å². The molecule has 1 N–H and O–H groups in total. The summed E-state index contributed by atoms with van der Waals surface area (Å²) in [6.07, 6.45) is 13.2. The van der Waals surface area contributed by atoms with E-state index in [1.165, 1.54) is 44.9 Å². The lowest BCUT2D eigenvalue weighted by Gasteiger charge is -2.57. The molecule has 5 nitrogen and oxygen atoms in total. The summed E-state index contributed by atoms with van der Waals surface area (Å²) in [6, 6.07) is 3.99. The average Bonchev–Trinajstić information content (AvgIpc) is 3.40. The maximum Gasteiger partial charge on any atom is 0.162 e. The molecule has 4 fully saturated rings. The Labute approximate surface area is 199 Å². The zero-order valence-electron chi connectivity index (χ0n) is 20.9. The van der Waals surface area contributed by atoms with Crippen molar-refractivity contribution < 1.29 is 9.84 Å². The van der Waals surface area contributed by atoms with Gasteiger partial charge in [-0.1, -0.05) is 13.8 Å². The highest BCUT2D eigenvalue weighted by molar-refractivity contribution is 5.16. The predicted molar refractivity (Wildman–Crippen MR) is 128 cm³/mol. The smallest absolute Gasteiger partial charge is 0.162 e. The normalized spacial score (nSPS) is 43.2. The van der Waals surface area contributed by atoms with Crippen LogP contribution < -0.4 is 0 Å². The van der Waals surface area contributed by atoms with Crippen molar-refractivity contribution in [1.29, 1.82) is 5.26 Å². The summed E-state index contributed by atoms with van der Waals surface area (Å²) in [5, 5.41) is 24.7. The first-order valence-electron chi connectivity index (χ1n) is 13.6. The maximum absolute atomic E-state index is 11.1. The highest BCUT2D eigenvalue weighted by Crippen LogP contribution is 2.65. The zero-order valence-corrected chi connectivity index (χ0v) is 20.9. The van der Waals surface area contributed by atoms with E-state index in [1.807, 2.05) is 23.9 Å². The molecule has 0 amide bonds. The predicted octanol–water partition coefficient (Wildman–Crippen LogP) is 5.43. The molecule has 4 aliphatic rings. The number of rotatable bonds is 6. The zero-order chi connectivity index (χ0) is 23.2. The van der Waals surface area contributed by atoms with Gasteiger partial charge in [0.05, 0.1) is 12.2 Å². The molecule has 1 aromatic rings. The lowest BCUT2D eigenvalue weighted by atomic mass is 9.48. The minimum Gasteiger partial charge on any atom is -0.387 e. The Morgan fingerprint density at radius 2 is 2.00 bits per heavy atom. The monoisotopic (exact) mass is 453 g/mol. The number of aliphatic hydroxyl groups is 1. The SMILES string of the molecule is CCOC[C@@]1(O)CC[C@H]2[C@H](CC[C@@H]3[C@@H]2CC[C@]2(C)[C@@H]([C@@H](C)Cn4ccc(C#N)n4)CC[C@@H]32)C1. The van der Waals surface area contributed by atoms with Crippen molar-refractivity contribution in [2.75, 3.05) is 13.2 Å². The van der Waals surface area contributed by atoms with Crippen LogP contribution >= 0.6 is 0 Å². The first kappa shape index (κ1) is 23.4. The van der Waals surface area contributed by atoms with E-state index < -0.39 is 5.60 Å². The van der Waals surface area contributed by atoms with Gasteiger partial charge < -0.3 is 9.84 Å². The summed E-state index contributed by atoms with van der Waals surface area (Å²) in [7, 11) is 0. The number of nitriles is 1. The van der Waals surface area contributed by atoms with Crippen molar-refractivity contribution in [2.45, 2.75) is 90.7 Å². The molecule has 5 rings (SSSR count). The average molecular weight is 454 g/mol. The largest absolute Gasteiger partial charge is 0.387 e. The Bertz CT molecular complexity index is 877. The highest BCUT2D eigenvalue weighted by atomic mass is 16.5. The van der Waals surface area contributed by atoms with Gasteiger partial charge >= 0.3 is 0 Å². The fourth-order valence-corrected chi connectivity index (χ4v) is 9.31. The van der Waals surface area contributed by atoms with Gasteiger partial charge in [0.15, 0.2) is 5.69 Å². The molecule has 0 radical (unpaired) electrons. The minimum absolute atomic E-state index is 0.447. The lowest BCUT2D eigenvalue weighted by molar-refractivity contribution is -0.129. The van der Waals surface area contributed by atoms with E-state index >= 15 is 0 Å². The molecule has 9 atom stereocenters.